The number of para-hydroxylation sites is 1. The summed E-state index contributed by atoms with van der Waals surface area (Å²) in [4.78, 5) is 24.0. The zero-order valence-electron chi connectivity index (χ0n) is 10.8. The molecule has 0 saturated carbocycles. The molecule has 0 aromatic heterocycles. The third-order valence-corrected chi connectivity index (χ3v) is 3.37. The molecule has 0 aliphatic carbocycles. The van der Waals surface area contributed by atoms with Crippen molar-refractivity contribution in [3.8, 4) is 0 Å². The first-order valence-electron chi connectivity index (χ1n) is 6.12. The van der Waals surface area contributed by atoms with Gasteiger partial charge in [-0.1, -0.05) is 34.5 Å². The van der Waals surface area contributed by atoms with E-state index >= 15 is 0 Å². The number of benzene rings is 1. The standard InChI is InChI=1S/C13H17BrN2O3/c1-15(10-6-2-5-9-14)13(17)11-7-3-4-8-12(11)16(18)19/h3-4,7-8H,2,5-6,9-10H2,1H3. The van der Waals surface area contributed by atoms with Crippen LogP contribution in [0.3, 0.4) is 0 Å². The van der Waals surface area contributed by atoms with Gasteiger partial charge in [-0.05, 0) is 18.9 Å². The summed E-state index contributed by atoms with van der Waals surface area (Å²) in [7, 11) is 1.67. The molecule has 1 aromatic carbocycles. The van der Waals surface area contributed by atoms with Crippen LogP contribution in [0.5, 0.6) is 0 Å². The average molecular weight is 329 g/mol. The number of halogens is 1. The Morgan fingerprint density at radius 1 is 1.32 bits per heavy atom. The third kappa shape index (κ3) is 4.63. The lowest BCUT2D eigenvalue weighted by Gasteiger charge is -2.16. The summed E-state index contributed by atoms with van der Waals surface area (Å²) in [6.45, 7) is 0.609. The molecule has 0 atom stereocenters. The van der Waals surface area contributed by atoms with Crippen molar-refractivity contribution in [3.05, 3.63) is 39.9 Å². The van der Waals surface area contributed by atoms with Gasteiger partial charge in [-0.15, -0.1) is 0 Å². The number of hydrogen-bond acceptors (Lipinski definition) is 3. The highest BCUT2D eigenvalue weighted by molar-refractivity contribution is 9.09. The second-order valence-electron chi connectivity index (χ2n) is 4.25. The Morgan fingerprint density at radius 2 is 2.00 bits per heavy atom. The molecule has 0 aliphatic heterocycles. The predicted molar refractivity (Wildman–Crippen MR) is 77.7 cm³/mol. The zero-order valence-corrected chi connectivity index (χ0v) is 12.4. The molecule has 6 heteroatoms. The molecule has 0 unspecified atom stereocenters. The van der Waals surface area contributed by atoms with Gasteiger partial charge in [0.1, 0.15) is 5.56 Å². The lowest BCUT2D eigenvalue weighted by atomic mass is 10.1. The van der Waals surface area contributed by atoms with Crippen molar-refractivity contribution < 1.29 is 9.72 Å². The Labute approximate surface area is 120 Å². The largest absolute Gasteiger partial charge is 0.341 e. The summed E-state index contributed by atoms with van der Waals surface area (Å²) >= 11 is 3.35. The summed E-state index contributed by atoms with van der Waals surface area (Å²) in [5.41, 5.74) is 0.00954. The fraction of sp³-hybridized carbons (Fsp3) is 0.462. The summed E-state index contributed by atoms with van der Waals surface area (Å²) < 4.78 is 0. The van der Waals surface area contributed by atoms with Crippen LogP contribution in [0.1, 0.15) is 29.6 Å². The van der Waals surface area contributed by atoms with E-state index in [-0.39, 0.29) is 17.2 Å². The summed E-state index contributed by atoms with van der Waals surface area (Å²) in [6, 6.07) is 6.05. The van der Waals surface area contributed by atoms with Crippen molar-refractivity contribution in [1.82, 2.24) is 4.90 Å². The Morgan fingerprint density at radius 3 is 2.63 bits per heavy atom. The van der Waals surface area contributed by atoms with Crippen molar-refractivity contribution in [2.75, 3.05) is 18.9 Å². The van der Waals surface area contributed by atoms with Crippen LogP contribution < -0.4 is 0 Å². The molecule has 0 aliphatic rings. The minimum absolute atomic E-state index is 0.139. The van der Waals surface area contributed by atoms with Crippen LogP contribution in [0.4, 0.5) is 5.69 Å². The van der Waals surface area contributed by atoms with Gasteiger partial charge < -0.3 is 4.90 Å². The van der Waals surface area contributed by atoms with Gasteiger partial charge in [0, 0.05) is 25.0 Å². The summed E-state index contributed by atoms with van der Waals surface area (Å²) in [6.07, 6.45) is 2.99. The fourth-order valence-electron chi connectivity index (χ4n) is 1.74. The number of carbonyl (C=O) groups excluding carboxylic acids is 1. The molecule has 0 spiro atoms. The van der Waals surface area contributed by atoms with Gasteiger partial charge in [-0.25, -0.2) is 0 Å². The Kier molecular flexibility index (Phi) is 6.49. The lowest BCUT2D eigenvalue weighted by Crippen LogP contribution is -2.28. The molecular weight excluding hydrogens is 312 g/mol. The molecular formula is C13H17BrN2O3. The first kappa shape index (κ1) is 15.6. The number of nitro groups is 1. The molecule has 0 N–H and O–H groups in total. The van der Waals surface area contributed by atoms with Crippen molar-refractivity contribution in [3.63, 3.8) is 0 Å². The number of carbonyl (C=O) groups is 1. The van der Waals surface area contributed by atoms with E-state index in [4.69, 9.17) is 0 Å². The van der Waals surface area contributed by atoms with Gasteiger partial charge in [0.2, 0.25) is 0 Å². The third-order valence-electron chi connectivity index (χ3n) is 2.81. The normalized spacial score (nSPS) is 10.2. The first-order valence-corrected chi connectivity index (χ1v) is 7.25. The van der Waals surface area contributed by atoms with Crippen LogP contribution >= 0.6 is 15.9 Å². The quantitative estimate of drug-likeness (QED) is 0.334. The smallest absolute Gasteiger partial charge is 0.282 e. The fourth-order valence-corrected chi connectivity index (χ4v) is 2.14. The molecule has 0 radical (unpaired) electrons. The number of hydrogen-bond donors (Lipinski definition) is 0. The van der Waals surface area contributed by atoms with Crippen LogP contribution in [-0.4, -0.2) is 34.7 Å². The Bertz CT molecular complexity index is 451. The highest BCUT2D eigenvalue weighted by Crippen LogP contribution is 2.19. The van der Waals surface area contributed by atoms with Crippen LogP contribution in [0.2, 0.25) is 0 Å². The maximum absolute atomic E-state index is 12.1. The van der Waals surface area contributed by atoms with Crippen LogP contribution in [-0.2, 0) is 0 Å². The SMILES string of the molecule is CN(CCCCCBr)C(=O)c1ccccc1[N+](=O)[O-]. The van der Waals surface area contributed by atoms with E-state index in [0.29, 0.717) is 6.54 Å². The minimum atomic E-state index is -0.522. The van der Waals surface area contributed by atoms with Crippen molar-refractivity contribution in [2.45, 2.75) is 19.3 Å². The molecule has 19 heavy (non-hydrogen) atoms. The number of nitro benzene ring substituents is 1. The van der Waals surface area contributed by atoms with Gasteiger partial charge in [0.25, 0.3) is 11.6 Å². The van der Waals surface area contributed by atoms with E-state index in [9.17, 15) is 14.9 Å². The van der Waals surface area contributed by atoms with Crippen molar-refractivity contribution >= 4 is 27.5 Å². The van der Waals surface area contributed by atoms with Gasteiger partial charge in [-0.3, -0.25) is 14.9 Å². The van der Waals surface area contributed by atoms with Crippen LogP contribution in [0, 0.1) is 10.1 Å². The molecule has 0 fully saturated rings. The molecule has 104 valence electrons. The molecule has 0 saturated heterocycles. The molecule has 0 bridgehead atoms. The maximum atomic E-state index is 12.1. The predicted octanol–water partition coefficient (Wildman–Crippen LogP) is 3.23. The topological polar surface area (TPSA) is 63.5 Å². The zero-order chi connectivity index (χ0) is 14.3. The van der Waals surface area contributed by atoms with E-state index in [1.54, 1.807) is 19.2 Å². The maximum Gasteiger partial charge on any atom is 0.282 e. The number of alkyl halides is 1. The molecule has 1 amide bonds. The van der Waals surface area contributed by atoms with Crippen LogP contribution in [0.15, 0.2) is 24.3 Å². The summed E-state index contributed by atoms with van der Waals surface area (Å²) in [5, 5.41) is 11.8. The van der Waals surface area contributed by atoms with Gasteiger partial charge >= 0.3 is 0 Å². The average Bonchev–Trinajstić information content (AvgIpc) is 2.42. The van der Waals surface area contributed by atoms with Gasteiger partial charge in [-0.2, -0.15) is 0 Å². The van der Waals surface area contributed by atoms with E-state index in [1.807, 2.05) is 0 Å². The second kappa shape index (κ2) is 7.89. The molecule has 1 aromatic rings. The Hall–Kier alpha value is -1.43. The van der Waals surface area contributed by atoms with E-state index in [0.717, 1.165) is 24.6 Å². The molecule has 0 heterocycles. The first-order chi connectivity index (χ1) is 9.07. The van der Waals surface area contributed by atoms with E-state index < -0.39 is 4.92 Å². The lowest BCUT2D eigenvalue weighted by molar-refractivity contribution is -0.385. The number of amides is 1. The highest BCUT2D eigenvalue weighted by atomic mass is 79.9. The molecule has 5 nitrogen and oxygen atoms in total. The monoisotopic (exact) mass is 328 g/mol. The second-order valence-corrected chi connectivity index (χ2v) is 5.04. The molecule has 1 rings (SSSR count). The van der Waals surface area contributed by atoms with Crippen molar-refractivity contribution in [1.29, 1.82) is 0 Å². The highest BCUT2D eigenvalue weighted by Gasteiger charge is 2.21. The van der Waals surface area contributed by atoms with Crippen LogP contribution in [0.25, 0.3) is 0 Å². The minimum Gasteiger partial charge on any atom is -0.341 e. The summed E-state index contributed by atoms with van der Waals surface area (Å²) in [5.74, 6) is -0.300. The number of rotatable bonds is 7. The van der Waals surface area contributed by atoms with Crippen molar-refractivity contribution in [2.24, 2.45) is 0 Å². The number of nitrogens with zero attached hydrogens (tertiary/aromatic N) is 2. The van der Waals surface area contributed by atoms with Gasteiger partial charge in [0.05, 0.1) is 4.92 Å². The Balaban J connectivity index is 2.69. The van der Waals surface area contributed by atoms with E-state index in [2.05, 4.69) is 15.9 Å². The van der Waals surface area contributed by atoms with Gasteiger partial charge in [0.15, 0.2) is 0 Å². The van der Waals surface area contributed by atoms with E-state index in [1.165, 1.54) is 17.0 Å². The number of unbranched alkanes of at least 4 members (excludes halogenated alkanes) is 2.